The Morgan fingerprint density at radius 2 is 1.83 bits per heavy atom. The van der Waals surface area contributed by atoms with Gasteiger partial charge in [-0.3, -0.25) is 0 Å². The topological polar surface area (TPSA) is 98.7 Å². The Morgan fingerprint density at radius 3 is 2.44 bits per heavy atom. The molecule has 18 heavy (non-hydrogen) atoms. The molecular weight excluding hydrogens is 236 g/mol. The number of hydrogen-bond donors (Lipinski definition) is 4. The predicted octanol–water partition coefficient (Wildman–Crippen LogP) is 0.701. The van der Waals surface area contributed by atoms with E-state index in [-0.39, 0.29) is 6.54 Å². The maximum atomic E-state index is 11.3. The van der Waals surface area contributed by atoms with Gasteiger partial charge in [0.15, 0.2) is 6.10 Å². The normalized spacial score (nSPS) is 18.1. The minimum absolute atomic E-state index is 0.273. The summed E-state index contributed by atoms with van der Waals surface area (Å²) in [4.78, 5) is 21.6. The second-order valence-corrected chi connectivity index (χ2v) is 4.78. The van der Waals surface area contributed by atoms with Gasteiger partial charge in [-0.25, -0.2) is 9.59 Å². The van der Waals surface area contributed by atoms with Crippen molar-refractivity contribution in [1.82, 2.24) is 10.6 Å². The highest BCUT2D eigenvalue weighted by Crippen LogP contribution is 2.25. The number of amides is 2. The van der Waals surface area contributed by atoms with Crippen molar-refractivity contribution in [3.05, 3.63) is 0 Å². The van der Waals surface area contributed by atoms with Gasteiger partial charge in [-0.1, -0.05) is 32.1 Å². The van der Waals surface area contributed by atoms with E-state index in [2.05, 4.69) is 10.6 Å². The van der Waals surface area contributed by atoms with E-state index in [0.29, 0.717) is 12.5 Å². The molecule has 6 heteroatoms. The number of rotatable bonds is 6. The lowest BCUT2D eigenvalue weighted by Crippen LogP contribution is -2.42. The molecule has 1 fully saturated rings. The summed E-state index contributed by atoms with van der Waals surface area (Å²) in [6, 6.07) is -0.425. The number of aliphatic hydroxyl groups is 1. The van der Waals surface area contributed by atoms with Gasteiger partial charge in [-0.2, -0.15) is 0 Å². The molecular formula is C12H22N2O4. The van der Waals surface area contributed by atoms with E-state index in [1.807, 2.05) is 0 Å². The van der Waals surface area contributed by atoms with Crippen LogP contribution in [0.15, 0.2) is 0 Å². The maximum absolute atomic E-state index is 11.3. The summed E-state index contributed by atoms with van der Waals surface area (Å²) in [6.07, 6.45) is 5.77. The SMILES string of the molecule is O=C(NCCC1CCCCC1)NCC(O)C(=O)O. The van der Waals surface area contributed by atoms with Crippen LogP contribution in [0.1, 0.15) is 38.5 Å². The van der Waals surface area contributed by atoms with E-state index in [4.69, 9.17) is 10.2 Å². The molecule has 4 N–H and O–H groups in total. The molecule has 0 aromatic carbocycles. The van der Waals surface area contributed by atoms with E-state index in [1.165, 1.54) is 32.1 Å². The van der Waals surface area contributed by atoms with Gasteiger partial charge >= 0.3 is 12.0 Å². The number of hydrogen-bond acceptors (Lipinski definition) is 3. The zero-order valence-corrected chi connectivity index (χ0v) is 10.5. The van der Waals surface area contributed by atoms with Gasteiger partial charge in [-0.15, -0.1) is 0 Å². The number of aliphatic hydroxyl groups excluding tert-OH is 1. The number of carbonyl (C=O) groups is 2. The fraction of sp³-hybridized carbons (Fsp3) is 0.833. The molecule has 0 aromatic heterocycles. The summed E-state index contributed by atoms with van der Waals surface area (Å²) < 4.78 is 0. The molecule has 1 saturated carbocycles. The van der Waals surface area contributed by atoms with E-state index in [0.717, 1.165) is 6.42 Å². The van der Waals surface area contributed by atoms with Crippen molar-refractivity contribution in [2.45, 2.75) is 44.6 Å². The van der Waals surface area contributed by atoms with Crippen LogP contribution < -0.4 is 10.6 Å². The molecule has 1 aliphatic rings. The average Bonchev–Trinajstić information content (AvgIpc) is 2.37. The number of urea groups is 1. The zero-order chi connectivity index (χ0) is 13.4. The first-order valence-electron chi connectivity index (χ1n) is 6.52. The highest BCUT2D eigenvalue weighted by Gasteiger charge is 2.15. The summed E-state index contributed by atoms with van der Waals surface area (Å²) >= 11 is 0. The number of aliphatic carboxylic acids is 1. The molecule has 0 spiro atoms. The summed E-state index contributed by atoms with van der Waals surface area (Å²) in [6.45, 7) is 0.324. The van der Waals surface area contributed by atoms with Crippen LogP contribution in [0.4, 0.5) is 4.79 Å². The summed E-state index contributed by atoms with van der Waals surface area (Å²) in [5.74, 6) is -0.638. The Kier molecular flexibility index (Phi) is 6.49. The number of carbonyl (C=O) groups excluding carboxylic acids is 1. The molecule has 1 unspecified atom stereocenters. The molecule has 104 valence electrons. The minimum Gasteiger partial charge on any atom is -0.479 e. The first-order chi connectivity index (χ1) is 8.59. The molecule has 1 aliphatic carbocycles. The van der Waals surface area contributed by atoms with Crippen molar-refractivity contribution in [1.29, 1.82) is 0 Å². The van der Waals surface area contributed by atoms with Crippen LogP contribution in [0.25, 0.3) is 0 Å². The zero-order valence-electron chi connectivity index (χ0n) is 10.5. The van der Waals surface area contributed by atoms with Gasteiger partial charge in [0, 0.05) is 6.54 Å². The summed E-state index contributed by atoms with van der Waals surface area (Å²) in [5.41, 5.74) is 0. The first kappa shape index (κ1) is 14.8. The molecule has 6 nitrogen and oxygen atoms in total. The molecule has 0 bridgehead atoms. The lowest BCUT2D eigenvalue weighted by atomic mass is 9.87. The van der Waals surface area contributed by atoms with Crippen molar-refractivity contribution in [3.63, 3.8) is 0 Å². The first-order valence-corrected chi connectivity index (χ1v) is 6.52. The molecule has 0 heterocycles. The third-order valence-electron chi connectivity index (χ3n) is 3.30. The second kappa shape index (κ2) is 7.92. The van der Waals surface area contributed by atoms with Crippen molar-refractivity contribution < 1.29 is 19.8 Å². The molecule has 0 saturated heterocycles. The largest absolute Gasteiger partial charge is 0.479 e. The van der Waals surface area contributed by atoms with Crippen molar-refractivity contribution >= 4 is 12.0 Å². The van der Waals surface area contributed by atoms with Gasteiger partial charge in [0.2, 0.25) is 0 Å². The van der Waals surface area contributed by atoms with Gasteiger partial charge in [-0.05, 0) is 12.3 Å². The van der Waals surface area contributed by atoms with Gasteiger partial charge < -0.3 is 20.8 Å². The standard InChI is InChI=1S/C12H22N2O4/c15-10(11(16)17)8-14-12(18)13-7-6-9-4-2-1-3-5-9/h9-10,15H,1-8H2,(H,16,17)(H2,13,14,18). The number of carboxylic acid groups (broad SMARTS) is 1. The Balaban J connectivity index is 2.04. The second-order valence-electron chi connectivity index (χ2n) is 4.78. The fourth-order valence-electron chi connectivity index (χ4n) is 2.20. The Morgan fingerprint density at radius 1 is 1.17 bits per heavy atom. The van der Waals surface area contributed by atoms with Crippen LogP contribution in [0.3, 0.4) is 0 Å². The molecule has 0 aromatic rings. The fourth-order valence-corrected chi connectivity index (χ4v) is 2.20. The van der Waals surface area contributed by atoms with E-state index in [9.17, 15) is 9.59 Å². The Hall–Kier alpha value is -1.30. The molecule has 0 aliphatic heterocycles. The molecule has 2 amide bonds. The quantitative estimate of drug-likeness (QED) is 0.563. The Labute approximate surface area is 107 Å². The predicted molar refractivity (Wildman–Crippen MR) is 66.2 cm³/mol. The van der Waals surface area contributed by atoms with Crippen molar-refractivity contribution in [2.24, 2.45) is 5.92 Å². The highest BCUT2D eigenvalue weighted by atomic mass is 16.4. The summed E-state index contributed by atoms with van der Waals surface area (Å²) in [5, 5.41) is 22.4. The monoisotopic (exact) mass is 258 g/mol. The third-order valence-corrected chi connectivity index (χ3v) is 3.30. The van der Waals surface area contributed by atoms with Crippen LogP contribution in [-0.2, 0) is 4.79 Å². The van der Waals surface area contributed by atoms with Gasteiger partial charge in [0.1, 0.15) is 0 Å². The highest BCUT2D eigenvalue weighted by molar-refractivity contribution is 5.76. The van der Waals surface area contributed by atoms with E-state index >= 15 is 0 Å². The molecule has 0 radical (unpaired) electrons. The van der Waals surface area contributed by atoms with E-state index in [1.54, 1.807) is 0 Å². The van der Waals surface area contributed by atoms with Crippen LogP contribution in [0.5, 0.6) is 0 Å². The number of carboxylic acids is 1. The Bertz CT molecular complexity index is 277. The minimum atomic E-state index is -1.55. The van der Waals surface area contributed by atoms with Gasteiger partial charge in [0.05, 0.1) is 6.54 Å². The van der Waals surface area contributed by atoms with Crippen molar-refractivity contribution in [2.75, 3.05) is 13.1 Å². The lowest BCUT2D eigenvalue weighted by molar-refractivity contribution is -0.146. The smallest absolute Gasteiger partial charge is 0.334 e. The average molecular weight is 258 g/mol. The third kappa shape index (κ3) is 5.86. The maximum Gasteiger partial charge on any atom is 0.334 e. The van der Waals surface area contributed by atoms with Gasteiger partial charge in [0.25, 0.3) is 0 Å². The van der Waals surface area contributed by atoms with Crippen LogP contribution in [0.2, 0.25) is 0 Å². The lowest BCUT2D eigenvalue weighted by Gasteiger charge is -2.21. The van der Waals surface area contributed by atoms with Crippen LogP contribution >= 0.6 is 0 Å². The number of nitrogens with one attached hydrogen (secondary N) is 2. The van der Waals surface area contributed by atoms with Crippen LogP contribution in [0, 0.1) is 5.92 Å². The van der Waals surface area contributed by atoms with E-state index < -0.39 is 18.1 Å². The molecule has 1 atom stereocenters. The summed E-state index contributed by atoms with van der Waals surface area (Å²) in [7, 11) is 0. The van der Waals surface area contributed by atoms with Crippen molar-refractivity contribution in [3.8, 4) is 0 Å². The van der Waals surface area contributed by atoms with Crippen LogP contribution in [-0.4, -0.2) is 41.4 Å². The molecule has 1 rings (SSSR count).